The molecule has 2 saturated heterocycles. The second kappa shape index (κ2) is 23.8. The van der Waals surface area contributed by atoms with Gasteiger partial charge in [-0.25, -0.2) is 0 Å². The summed E-state index contributed by atoms with van der Waals surface area (Å²) in [4.78, 5) is 103. The highest BCUT2D eigenvalue weighted by Crippen LogP contribution is 2.42. The van der Waals surface area contributed by atoms with Crippen molar-refractivity contribution in [3.8, 4) is 0 Å². The predicted octanol–water partition coefficient (Wildman–Crippen LogP) is 7.87. The van der Waals surface area contributed by atoms with E-state index < -0.39 is 137 Å². The summed E-state index contributed by atoms with van der Waals surface area (Å²) in [5.41, 5.74) is -0.800. The van der Waals surface area contributed by atoms with Gasteiger partial charge < -0.3 is 47.4 Å². The molecule has 0 unspecified atom stereocenters. The molecule has 0 aliphatic carbocycles. The van der Waals surface area contributed by atoms with E-state index in [4.69, 9.17) is 47.4 Å². The van der Waals surface area contributed by atoms with Crippen LogP contribution in [0.2, 0.25) is 0 Å². The molecule has 0 amide bonds. The Bertz CT molecular complexity index is 2370. The van der Waals surface area contributed by atoms with Crippen LogP contribution in [-0.2, 0) is 85.7 Å². The number of esters is 8. The first-order valence-electron chi connectivity index (χ1n) is 24.2. The van der Waals surface area contributed by atoms with E-state index in [0.717, 1.165) is 25.0 Å². The van der Waals surface area contributed by atoms with Crippen molar-refractivity contribution in [3.05, 3.63) is 70.3 Å². The molecule has 18 nitrogen and oxygen atoms in total. The summed E-state index contributed by atoms with van der Waals surface area (Å²) in [6.07, 6.45) is -8.88. The molecule has 0 saturated carbocycles. The molecule has 2 aliphatic rings. The van der Waals surface area contributed by atoms with Gasteiger partial charge in [0.2, 0.25) is 0 Å². The molecule has 4 rings (SSSR count). The van der Waals surface area contributed by atoms with Crippen molar-refractivity contribution < 1.29 is 85.7 Å². The molecule has 0 spiro atoms. The maximum absolute atomic E-state index is 13.8. The summed E-state index contributed by atoms with van der Waals surface area (Å²) >= 11 is 0. The number of rotatable bonds is 14. The minimum Gasteiger partial charge on any atom is -0.463 e. The van der Waals surface area contributed by atoms with Crippen molar-refractivity contribution in [1.29, 1.82) is 0 Å². The van der Waals surface area contributed by atoms with Crippen LogP contribution in [0.25, 0.3) is 12.2 Å². The predicted molar refractivity (Wildman–Crippen MR) is 263 cm³/mol. The van der Waals surface area contributed by atoms with Crippen molar-refractivity contribution in [2.75, 3.05) is 13.2 Å². The zero-order chi connectivity index (χ0) is 55.1. The van der Waals surface area contributed by atoms with Crippen molar-refractivity contribution in [1.82, 2.24) is 0 Å². The molecular formula is C55H74O18. The zero-order valence-electron chi connectivity index (χ0n) is 45.2. The average molecular weight is 1020 g/mol. The molecule has 2 fully saturated rings. The van der Waals surface area contributed by atoms with Crippen LogP contribution in [0.15, 0.2) is 42.5 Å². The average Bonchev–Trinajstić information content (AvgIpc) is 3.25. The summed E-state index contributed by atoms with van der Waals surface area (Å²) in [6.45, 7) is 25.8. The Morgan fingerprint density at radius 1 is 0.438 bits per heavy atom. The molecule has 0 aromatic heterocycles. The zero-order valence-corrected chi connectivity index (χ0v) is 45.2. The van der Waals surface area contributed by atoms with Crippen molar-refractivity contribution >= 4 is 59.9 Å². The van der Waals surface area contributed by atoms with E-state index in [1.165, 1.54) is 13.8 Å². The molecule has 73 heavy (non-hydrogen) atoms. The number of carbonyl (C=O) groups excluding carboxylic acids is 8. The summed E-state index contributed by atoms with van der Waals surface area (Å²) in [5.74, 6) is -5.35. The third-order valence-corrected chi connectivity index (χ3v) is 11.5. The van der Waals surface area contributed by atoms with Gasteiger partial charge in [-0.2, -0.15) is 0 Å². The Hall–Kier alpha value is -6.14. The molecule has 18 heteroatoms. The summed E-state index contributed by atoms with van der Waals surface area (Å²) in [5, 5.41) is 0. The van der Waals surface area contributed by atoms with Crippen LogP contribution < -0.4 is 0 Å². The number of hydrogen-bond donors (Lipinski definition) is 0. The fourth-order valence-electron chi connectivity index (χ4n) is 7.59. The van der Waals surface area contributed by atoms with Gasteiger partial charge >= 0.3 is 47.8 Å². The van der Waals surface area contributed by atoms with Crippen molar-refractivity contribution in [2.24, 2.45) is 21.7 Å². The maximum Gasteiger partial charge on any atom is 0.311 e. The quantitative estimate of drug-likeness (QED) is 0.0996. The smallest absolute Gasteiger partial charge is 0.311 e. The lowest BCUT2D eigenvalue weighted by Crippen LogP contribution is -2.61. The van der Waals surface area contributed by atoms with Crippen LogP contribution in [-0.4, -0.2) is 110 Å². The maximum atomic E-state index is 13.8. The summed E-state index contributed by atoms with van der Waals surface area (Å²) in [7, 11) is 0. The van der Waals surface area contributed by atoms with Gasteiger partial charge in [0.05, 0.1) is 21.7 Å². The number of carbonyl (C=O) groups is 8. The first kappa shape index (κ1) is 59.4. The Morgan fingerprint density at radius 2 is 0.808 bits per heavy atom. The van der Waals surface area contributed by atoms with Crippen LogP contribution in [0.4, 0.5) is 0 Å². The van der Waals surface area contributed by atoms with E-state index in [1.54, 1.807) is 113 Å². The van der Waals surface area contributed by atoms with Crippen LogP contribution in [0, 0.1) is 28.6 Å². The highest BCUT2D eigenvalue weighted by atomic mass is 16.7. The third-order valence-electron chi connectivity index (χ3n) is 11.5. The second-order valence-corrected chi connectivity index (χ2v) is 22.5. The van der Waals surface area contributed by atoms with Gasteiger partial charge in [0.25, 0.3) is 0 Å². The third kappa shape index (κ3) is 16.4. The minimum atomic E-state index is -1.42. The van der Waals surface area contributed by atoms with E-state index in [0.29, 0.717) is 16.7 Å². The van der Waals surface area contributed by atoms with Crippen molar-refractivity contribution in [3.63, 3.8) is 0 Å². The fourth-order valence-corrected chi connectivity index (χ4v) is 7.59. The standard InChI is InChI=1S/C55H74O18/c1-29-26-35(19-18-34-20-23-36(24-21-34)40-44(67-32(4)58)46(68-33(5)59)42(66-31(3)57)38(69-40)27-64-30(2)56)22-25-37(29)41-45(72-50(62)54(12,13)14)47(73-51(63)55(15,16)17)43(71-49(61)53(9,10)11)39(70-41)28-65-48(60)52(6,7)8/h18-26,38-47H,27-28H2,1-17H3/t38-,39-,40-,41-,42-,43-,44-,45-,46+,47-/m1/s1. The lowest BCUT2D eigenvalue weighted by Gasteiger charge is -2.46. The Morgan fingerprint density at radius 3 is 1.27 bits per heavy atom. The molecule has 0 N–H and O–H groups in total. The van der Waals surface area contributed by atoms with Gasteiger partial charge in [0.15, 0.2) is 36.6 Å². The summed E-state index contributed by atoms with van der Waals surface area (Å²) < 4.78 is 59.5. The van der Waals surface area contributed by atoms with E-state index in [9.17, 15) is 38.4 Å². The largest absolute Gasteiger partial charge is 0.463 e. The highest BCUT2D eigenvalue weighted by Gasteiger charge is 2.56. The van der Waals surface area contributed by atoms with Crippen LogP contribution in [0.5, 0.6) is 0 Å². The monoisotopic (exact) mass is 1020 g/mol. The molecule has 0 radical (unpaired) electrons. The molecule has 2 aromatic carbocycles. The molecule has 10 atom stereocenters. The molecule has 402 valence electrons. The highest BCUT2D eigenvalue weighted by molar-refractivity contribution is 5.78. The fraction of sp³-hybridized carbons (Fsp3) is 0.600. The Balaban J connectivity index is 1.77. The van der Waals surface area contributed by atoms with Gasteiger partial charge in [-0.1, -0.05) is 54.6 Å². The summed E-state index contributed by atoms with van der Waals surface area (Å²) in [6, 6.07) is 12.5. The Kier molecular flexibility index (Phi) is 19.4. The SMILES string of the molecule is CC(=O)OC[C@H]1O[C@H](c2ccc(C=Cc3ccc([C@H]4O[C@H](COC(=O)C(C)(C)C)[C@@H](OC(=O)C(C)(C)C)[C@@H](OC(=O)C(C)(C)C)[C@@H]4OC(=O)C(C)(C)C)c(C)c3)cc2)[C@@H](OC(C)=O)[C@@H](OC(C)=O)[C@@H]1OC(C)=O. The lowest BCUT2D eigenvalue weighted by molar-refractivity contribution is -0.262. The first-order valence-corrected chi connectivity index (χ1v) is 24.2. The van der Waals surface area contributed by atoms with Crippen LogP contribution in [0.1, 0.15) is 151 Å². The molecule has 2 heterocycles. The molecule has 2 aliphatic heterocycles. The van der Waals surface area contributed by atoms with E-state index in [1.807, 2.05) is 31.2 Å². The van der Waals surface area contributed by atoms with Gasteiger partial charge in [0.1, 0.15) is 37.6 Å². The van der Waals surface area contributed by atoms with Gasteiger partial charge in [0, 0.05) is 27.7 Å². The number of benzene rings is 2. The minimum absolute atomic E-state index is 0.366. The van der Waals surface area contributed by atoms with Gasteiger partial charge in [-0.15, -0.1) is 0 Å². The number of ether oxygens (including phenoxy) is 10. The number of hydrogen-bond acceptors (Lipinski definition) is 18. The second-order valence-electron chi connectivity index (χ2n) is 22.5. The Labute approximate surface area is 428 Å². The van der Waals surface area contributed by atoms with Gasteiger partial charge in [-0.05, 0) is 118 Å². The van der Waals surface area contributed by atoms with Crippen LogP contribution >= 0.6 is 0 Å². The first-order chi connectivity index (χ1) is 33.6. The van der Waals surface area contributed by atoms with E-state index in [-0.39, 0.29) is 6.61 Å². The normalized spacial score (nSPS) is 24.6. The number of aryl methyl sites for hydroxylation is 1. The molecular weight excluding hydrogens is 949 g/mol. The van der Waals surface area contributed by atoms with Crippen LogP contribution in [0.3, 0.4) is 0 Å². The molecule has 2 aromatic rings. The topological polar surface area (TPSA) is 229 Å². The molecule has 0 bridgehead atoms. The van der Waals surface area contributed by atoms with E-state index in [2.05, 4.69) is 0 Å². The van der Waals surface area contributed by atoms with E-state index >= 15 is 0 Å². The van der Waals surface area contributed by atoms with Crippen molar-refractivity contribution in [2.45, 2.75) is 179 Å². The lowest BCUT2D eigenvalue weighted by atomic mass is 9.87. The van der Waals surface area contributed by atoms with Gasteiger partial charge in [-0.3, -0.25) is 38.4 Å².